The Kier molecular flexibility index (Phi) is 52.9. The van der Waals surface area contributed by atoms with Crippen molar-refractivity contribution in [2.24, 2.45) is 0 Å². The Labute approximate surface area is 840 Å². The number of pyridine rings is 3. The van der Waals surface area contributed by atoms with Gasteiger partial charge < -0.3 is 53.5 Å². The first kappa shape index (κ1) is 115. The normalized spacial score (nSPS) is 10.4. The van der Waals surface area contributed by atoms with Gasteiger partial charge in [-0.15, -0.1) is 137 Å². The van der Waals surface area contributed by atoms with Gasteiger partial charge in [0, 0.05) is 189 Å². The summed E-state index contributed by atoms with van der Waals surface area (Å²) in [5.41, 5.74) is 11.0. The molecule has 0 aliphatic carbocycles. The van der Waals surface area contributed by atoms with Gasteiger partial charge in [-0.1, -0.05) is 130 Å². The van der Waals surface area contributed by atoms with E-state index < -0.39 is 17.4 Å². The van der Waals surface area contributed by atoms with E-state index >= 15 is 0 Å². The zero-order valence-electron chi connectivity index (χ0n) is 71.0. The zero-order valence-corrected chi connectivity index (χ0v) is 86.9. The van der Waals surface area contributed by atoms with E-state index in [2.05, 4.69) is 78.4 Å². The van der Waals surface area contributed by atoms with Crippen molar-refractivity contribution >= 4 is 106 Å². The Hall–Kier alpha value is -11.2. The van der Waals surface area contributed by atoms with Crippen LogP contribution < -0.4 is 10.5 Å². The number of thiophene rings is 1. The number of aliphatic hydroxyl groups excluding tert-OH is 4. The van der Waals surface area contributed by atoms with Crippen molar-refractivity contribution in [1.29, 1.82) is 0 Å². The van der Waals surface area contributed by atoms with Gasteiger partial charge in [-0.3, -0.25) is 38.9 Å². The number of para-hydroxylation sites is 5. The molecule has 4 N–H and O–H groups in total. The number of thiazole rings is 1. The molecule has 5 radical (unpaired) electrons. The molecule has 0 bridgehead atoms. The summed E-state index contributed by atoms with van der Waals surface area (Å²) in [4.78, 5) is 81.4. The molecule has 0 spiro atoms. The standard InChI is InChI=1S/C18H13N2O2S.C17H10NO.C13H8NO.C12H7F3N.C11H8N.C9H6NS.4C5H8O2.5Ir.Pt/c1-20(2)12-8-7-11-9-13(18(21)22-15(11)10-12)17-19-14-5-3-4-6-16(14)23-17;1-2-8-13-12(6-1)7-5-9-14(13)17-18-15-10-3-4-11-16(15)19-17;1-2-6-10(7-3-1)13-14-11-8-4-5-9-12(11)15-13;13-12(14,15)10-6-4-9(5-7-10)11-3-1-2-8-16-11;1-2-6-10(7-3-1)11-8-4-5-9-12-11;1-2-6-10-8(4-1)9-5-3-7-11-9;4*1-4(6)3-5(2)7;;;;;;/h3-8,10H,1-2H3;1-8,10-11H;1-6,8-9H;1-4,6-8H;1-6,8-9H;1-4,6-7H;4*3,6H,1-2H3;;;;;;/q6*-1;;;;;;;;;;. The van der Waals surface area contributed by atoms with E-state index in [0.29, 0.717) is 39.2 Å². The van der Waals surface area contributed by atoms with Gasteiger partial charge in [0.2, 0.25) is 0 Å². The minimum Gasteiger partial charge on any atom is -0.512 e. The molecule has 130 heavy (non-hydrogen) atoms. The summed E-state index contributed by atoms with van der Waals surface area (Å²) in [6, 6.07) is 97.2. The number of hydrogen-bond donors (Lipinski definition) is 4. The number of carbonyl (C=O) groups excluding carboxylic acids is 4. The predicted octanol–water partition coefficient (Wildman–Crippen LogP) is 24.5. The molecule has 0 saturated heterocycles. The Morgan fingerprint density at radius 3 is 1.33 bits per heavy atom. The third-order valence-electron chi connectivity index (χ3n) is 15.9. The fourth-order valence-corrected chi connectivity index (χ4v) is 12.3. The smallest absolute Gasteiger partial charge is 0.381 e. The Morgan fingerprint density at radius 1 is 0.431 bits per heavy atom. The molecular weight excluding hydrogens is 2770 g/mol. The fraction of sp³-hybridized carbons (Fsp3) is 0.110. The largest absolute Gasteiger partial charge is 0.512 e. The zero-order chi connectivity index (χ0) is 89.5. The fourth-order valence-electron chi connectivity index (χ4n) is 10.7. The average Bonchev–Trinajstić information content (AvgIpc) is 1.55. The van der Waals surface area contributed by atoms with Crippen LogP contribution in [-0.2, 0) is 147 Å². The quantitative estimate of drug-likeness (QED) is 0.0405. The molecule has 0 saturated carbocycles. The summed E-state index contributed by atoms with van der Waals surface area (Å²) in [5, 5.41) is 39.1. The van der Waals surface area contributed by atoms with E-state index in [-0.39, 0.29) is 168 Å². The topological polar surface area (TPSA) is 286 Å². The first-order valence-electron chi connectivity index (χ1n) is 37.9. The minimum absolute atomic E-state index is 0. The molecular formula is C100H84F3Ir5N7O12PtS2-6. The van der Waals surface area contributed by atoms with E-state index in [1.807, 2.05) is 231 Å². The first-order valence-corrected chi connectivity index (χ1v) is 39.6. The summed E-state index contributed by atoms with van der Waals surface area (Å²) >= 11 is 3.13. The van der Waals surface area contributed by atoms with Gasteiger partial charge in [0.1, 0.15) is 22.9 Å². The number of benzene rings is 9. The van der Waals surface area contributed by atoms with Gasteiger partial charge in [-0.2, -0.15) is 36.6 Å². The molecule has 0 atom stereocenters. The maximum Gasteiger partial charge on any atom is 0.381 e. The molecule has 685 valence electrons. The number of fused-ring (bicyclic) bond motifs is 5. The second-order valence-corrected chi connectivity index (χ2v) is 28.5. The van der Waals surface area contributed by atoms with E-state index in [9.17, 15) is 37.1 Å². The SMILES string of the molecule is CC(=O)C=C(C)O.CC(=O)C=C(C)O.CC(=O)C=C(C)O.CC(=O)C=C(C)O.CN(C)c1ccc2[c-]c(-c3nc4ccccc4s3)c(=O)oc2c1.FC(F)(F)c1c[c-]c(-c2ccccn2)cc1.[Ir].[Ir].[Ir].[Ir].[Ir].[Pt].[c-]1ccc2ccccc2c1-c1nc2ccccc2o1.[c-]1ccccc1-c1ccccn1.[c-]1ccccc1-c1nc2ccccc2o1.[c-]1ccsc1-c1ccccn1. The monoisotopic (exact) mass is 2860 g/mol. The number of allylic oxidation sites excluding steroid dienone is 8. The second kappa shape index (κ2) is 59.9. The molecule has 8 heterocycles. The maximum absolute atomic E-state index is 12.3. The molecule has 17 rings (SSSR count). The van der Waals surface area contributed by atoms with Crippen LogP contribution in [0.2, 0.25) is 0 Å². The molecule has 17 aromatic rings. The number of ketones is 4. The number of rotatable bonds is 11. The number of halogens is 3. The van der Waals surface area contributed by atoms with Crippen LogP contribution in [0.3, 0.4) is 0 Å². The van der Waals surface area contributed by atoms with Crippen LogP contribution in [0.15, 0.2) is 344 Å². The Bertz CT molecular complexity index is 6230. The number of alkyl halides is 3. The van der Waals surface area contributed by atoms with Crippen molar-refractivity contribution in [3.8, 4) is 66.6 Å². The Morgan fingerprint density at radius 2 is 0.892 bits per heavy atom. The summed E-state index contributed by atoms with van der Waals surface area (Å²) in [7, 11) is 3.89. The molecule has 0 aliphatic heterocycles. The van der Waals surface area contributed by atoms with Crippen LogP contribution in [-0.4, -0.2) is 87.6 Å². The predicted molar refractivity (Wildman–Crippen MR) is 485 cm³/mol. The summed E-state index contributed by atoms with van der Waals surface area (Å²) in [6.07, 6.45) is 5.51. The van der Waals surface area contributed by atoms with Gasteiger partial charge in [-0.25, -0.2) is 11.3 Å². The van der Waals surface area contributed by atoms with Crippen molar-refractivity contribution in [2.75, 3.05) is 19.0 Å². The van der Waals surface area contributed by atoms with Crippen LogP contribution in [0, 0.1) is 36.4 Å². The Balaban J connectivity index is 0.000000500. The molecule has 30 heteroatoms. The van der Waals surface area contributed by atoms with Gasteiger partial charge in [0.25, 0.3) is 5.63 Å². The van der Waals surface area contributed by atoms with Gasteiger partial charge in [0.15, 0.2) is 23.1 Å². The molecule has 0 fully saturated rings. The number of nitrogens with zero attached hydrogens (tertiary/aromatic N) is 7. The minimum atomic E-state index is -4.32. The molecule has 8 aromatic heterocycles. The molecule has 0 unspecified atom stereocenters. The number of hydrogen-bond acceptors (Lipinski definition) is 21. The van der Waals surface area contributed by atoms with Crippen molar-refractivity contribution in [1.82, 2.24) is 29.9 Å². The van der Waals surface area contributed by atoms with Crippen LogP contribution in [0.25, 0.3) is 121 Å². The number of aromatic nitrogens is 6. The first-order chi connectivity index (χ1) is 59.5. The van der Waals surface area contributed by atoms with Crippen molar-refractivity contribution in [2.45, 2.75) is 61.6 Å². The van der Waals surface area contributed by atoms with Gasteiger partial charge >= 0.3 is 6.18 Å². The third-order valence-corrected chi connectivity index (χ3v) is 17.8. The molecule has 0 aliphatic rings. The number of oxazole rings is 2. The van der Waals surface area contributed by atoms with Crippen molar-refractivity contribution in [3.05, 3.63) is 378 Å². The van der Waals surface area contributed by atoms with E-state index in [4.69, 9.17) is 33.7 Å². The molecule has 0 amide bonds. The average molecular weight is 2850 g/mol. The third kappa shape index (κ3) is 39.6. The van der Waals surface area contributed by atoms with Crippen LogP contribution in [0.4, 0.5) is 18.9 Å². The van der Waals surface area contributed by atoms with Crippen molar-refractivity contribution in [3.63, 3.8) is 0 Å². The molecule has 9 aromatic carbocycles. The number of anilines is 1. The van der Waals surface area contributed by atoms with Crippen LogP contribution in [0.1, 0.15) is 61.0 Å². The summed E-state index contributed by atoms with van der Waals surface area (Å²) < 4.78 is 54.8. The van der Waals surface area contributed by atoms with Crippen LogP contribution in [0.5, 0.6) is 0 Å². The van der Waals surface area contributed by atoms with E-state index in [0.717, 1.165) is 94.0 Å². The van der Waals surface area contributed by atoms with Gasteiger partial charge in [-0.05, 0) is 144 Å². The van der Waals surface area contributed by atoms with Gasteiger partial charge in [0.05, 0.1) is 50.2 Å². The second-order valence-electron chi connectivity index (χ2n) is 26.5. The maximum atomic E-state index is 12.3. The number of carbonyl (C=O) groups is 4. The molecule has 19 nitrogen and oxygen atoms in total. The summed E-state index contributed by atoms with van der Waals surface area (Å²) in [5.74, 6) is 0.995. The van der Waals surface area contributed by atoms with E-state index in [1.165, 1.54) is 102 Å². The van der Waals surface area contributed by atoms with Crippen LogP contribution >= 0.6 is 22.7 Å². The van der Waals surface area contributed by atoms with Crippen molar-refractivity contribution < 1.29 is 188 Å². The summed E-state index contributed by atoms with van der Waals surface area (Å²) in [6.45, 7) is 11.4. The van der Waals surface area contributed by atoms with E-state index in [1.54, 1.807) is 48.1 Å². The number of aliphatic hydroxyl groups is 4.